The minimum Gasteiger partial charge on any atom is -0.479 e. The van der Waals surface area contributed by atoms with Crippen LogP contribution >= 0.6 is 0 Å². The smallest absolute Gasteiger partial charge is 0.335 e. The van der Waals surface area contributed by atoms with Crippen LogP contribution in [-0.2, 0) is 42.9 Å². The molecule has 12 heteroatoms. The molecule has 1 fully saturated rings. The molecule has 0 radical (unpaired) electrons. The van der Waals surface area contributed by atoms with E-state index in [-0.39, 0.29) is 25.9 Å². The maximum Gasteiger partial charge on any atom is 0.335 e. The average Bonchev–Trinajstić information content (AvgIpc) is 3.41. The SMILES string of the molecule is CCCC/C=C\CCCCCCCC(=O)OC(COC(=O)CCCCCCCCC/C=C\C/C=C\CCCCC)COC1OC(C(=O)O)C(O)C(O)C1OC(=O)CCCCCCCCCCC/C=C\CCCCCCCC. The summed E-state index contributed by atoms with van der Waals surface area (Å²) in [7, 11) is 0. The average molecular weight is 1090 g/mol. The van der Waals surface area contributed by atoms with Gasteiger partial charge in [-0.15, -0.1) is 0 Å². The second-order valence-electron chi connectivity index (χ2n) is 21.7. The molecule has 1 rings (SSSR count). The highest BCUT2D eigenvalue weighted by molar-refractivity contribution is 5.74. The molecular weight excluding hydrogens is 973 g/mol. The third-order valence-corrected chi connectivity index (χ3v) is 14.3. The van der Waals surface area contributed by atoms with Crippen molar-refractivity contribution < 1.29 is 58.2 Å². The number of unbranched alkanes of at least 4 members (excludes halogenated alkanes) is 32. The summed E-state index contributed by atoms with van der Waals surface area (Å²) in [4.78, 5) is 51.2. The van der Waals surface area contributed by atoms with Crippen molar-refractivity contribution >= 4 is 23.9 Å². The number of aliphatic hydroxyl groups excluding tert-OH is 2. The summed E-state index contributed by atoms with van der Waals surface area (Å²) in [6.45, 7) is 5.94. The highest BCUT2D eigenvalue weighted by atomic mass is 16.7. The first kappa shape index (κ1) is 71.7. The number of carboxylic acid groups (broad SMARTS) is 1. The molecule has 1 saturated heterocycles. The van der Waals surface area contributed by atoms with Gasteiger partial charge in [-0.2, -0.15) is 0 Å². The Morgan fingerprint density at radius 1 is 0.429 bits per heavy atom. The first-order valence-electron chi connectivity index (χ1n) is 31.6. The van der Waals surface area contributed by atoms with E-state index in [1.807, 2.05) is 0 Å². The van der Waals surface area contributed by atoms with Crippen LogP contribution in [0.4, 0.5) is 0 Å². The molecule has 77 heavy (non-hydrogen) atoms. The third kappa shape index (κ3) is 43.2. The van der Waals surface area contributed by atoms with Gasteiger partial charge >= 0.3 is 23.9 Å². The fourth-order valence-electron chi connectivity index (χ4n) is 9.43. The van der Waals surface area contributed by atoms with Gasteiger partial charge < -0.3 is 39.0 Å². The lowest BCUT2D eigenvalue weighted by Crippen LogP contribution is -2.61. The Balaban J connectivity index is 2.63. The molecule has 1 heterocycles. The zero-order valence-corrected chi connectivity index (χ0v) is 49.2. The van der Waals surface area contributed by atoms with E-state index in [4.69, 9.17) is 23.7 Å². The number of esters is 3. The summed E-state index contributed by atoms with van der Waals surface area (Å²) >= 11 is 0. The molecule has 1 aliphatic heterocycles. The van der Waals surface area contributed by atoms with E-state index in [0.717, 1.165) is 109 Å². The summed E-state index contributed by atoms with van der Waals surface area (Å²) in [5.41, 5.74) is 0. The van der Waals surface area contributed by atoms with Crippen LogP contribution in [0.5, 0.6) is 0 Å². The number of allylic oxidation sites excluding steroid dienone is 8. The van der Waals surface area contributed by atoms with Crippen LogP contribution < -0.4 is 0 Å². The molecule has 0 aromatic rings. The Kier molecular flexibility index (Phi) is 49.7. The van der Waals surface area contributed by atoms with Crippen molar-refractivity contribution in [2.24, 2.45) is 0 Å². The van der Waals surface area contributed by atoms with Gasteiger partial charge in [0, 0.05) is 19.3 Å². The second-order valence-corrected chi connectivity index (χ2v) is 21.7. The first-order valence-corrected chi connectivity index (χ1v) is 31.6. The Labute approximate surface area is 469 Å². The van der Waals surface area contributed by atoms with Crippen LogP contribution in [-0.4, -0.2) is 89.2 Å². The van der Waals surface area contributed by atoms with Crippen molar-refractivity contribution in [3.8, 4) is 0 Å². The number of aliphatic carboxylic acids is 1. The van der Waals surface area contributed by atoms with Gasteiger partial charge in [0.05, 0.1) is 6.61 Å². The van der Waals surface area contributed by atoms with Gasteiger partial charge in [0.25, 0.3) is 0 Å². The van der Waals surface area contributed by atoms with Crippen molar-refractivity contribution in [1.82, 2.24) is 0 Å². The molecule has 0 aliphatic carbocycles. The van der Waals surface area contributed by atoms with Crippen molar-refractivity contribution in [2.45, 2.75) is 327 Å². The fourth-order valence-corrected chi connectivity index (χ4v) is 9.43. The van der Waals surface area contributed by atoms with E-state index >= 15 is 0 Å². The lowest BCUT2D eigenvalue weighted by molar-refractivity contribution is -0.301. The van der Waals surface area contributed by atoms with Gasteiger partial charge in [-0.05, 0) is 96.3 Å². The maximum atomic E-state index is 13.1. The lowest BCUT2D eigenvalue weighted by atomic mass is 9.98. The normalized spacial score (nSPS) is 18.3. The molecule has 6 atom stereocenters. The van der Waals surface area contributed by atoms with Crippen LogP contribution in [0.2, 0.25) is 0 Å². The maximum absolute atomic E-state index is 13.1. The Morgan fingerprint density at radius 2 is 0.792 bits per heavy atom. The molecule has 446 valence electrons. The molecule has 1 aliphatic rings. The molecular formula is C65H114O12. The zero-order chi connectivity index (χ0) is 56.1. The highest BCUT2D eigenvalue weighted by Crippen LogP contribution is 2.27. The van der Waals surface area contributed by atoms with Gasteiger partial charge in [-0.1, -0.05) is 223 Å². The fraction of sp³-hybridized carbons (Fsp3) is 0.815. The summed E-state index contributed by atoms with van der Waals surface area (Å²) < 4.78 is 28.5. The second kappa shape index (κ2) is 53.3. The summed E-state index contributed by atoms with van der Waals surface area (Å²) in [6, 6.07) is 0. The number of aliphatic hydroxyl groups is 2. The van der Waals surface area contributed by atoms with Crippen LogP contribution in [0.15, 0.2) is 48.6 Å². The highest BCUT2D eigenvalue weighted by Gasteiger charge is 2.50. The van der Waals surface area contributed by atoms with E-state index in [2.05, 4.69) is 69.4 Å². The predicted octanol–water partition coefficient (Wildman–Crippen LogP) is 16.6. The zero-order valence-electron chi connectivity index (χ0n) is 49.2. The van der Waals surface area contributed by atoms with Gasteiger partial charge in [0.15, 0.2) is 24.6 Å². The van der Waals surface area contributed by atoms with E-state index in [9.17, 15) is 34.5 Å². The molecule has 6 unspecified atom stereocenters. The van der Waals surface area contributed by atoms with Gasteiger partial charge in [-0.25, -0.2) is 4.79 Å². The van der Waals surface area contributed by atoms with Gasteiger partial charge in [0.1, 0.15) is 18.8 Å². The summed E-state index contributed by atoms with van der Waals surface area (Å²) in [5, 5.41) is 31.5. The Hall–Kier alpha value is -3.32. The number of ether oxygens (including phenoxy) is 5. The van der Waals surface area contributed by atoms with Crippen molar-refractivity contribution in [3.63, 3.8) is 0 Å². The summed E-state index contributed by atoms with van der Waals surface area (Å²) in [6.07, 6.45) is 52.2. The van der Waals surface area contributed by atoms with E-state index in [1.165, 1.54) is 122 Å². The number of hydrogen-bond acceptors (Lipinski definition) is 11. The molecule has 0 aromatic heterocycles. The minimum atomic E-state index is -1.90. The molecule has 0 bridgehead atoms. The van der Waals surface area contributed by atoms with E-state index in [1.54, 1.807) is 0 Å². The quantitative estimate of drug-likeness (QED) is 0.0228. The largest absolute Gasteiger partial charge is 0.479 e. The number of hydrogen-bond donors (Lipinski definition) is 3. The standard InChI is InChI=1S/C65H114O12/c1-4-7-10-13-16-19-22-24-26-28-29-31-33-35-38-41-44-47-50-53-59(68)76-63-61(70)60(69)62(64(71)72)77-65(63)74-55-56(75-58(67)52-49-46-43-40-36-21-18-15-12-9-6-3)54-73-57(66)51-48-45-42-39-37-34-32-30-27-25-23-20-17-14-11-8-5-2/h15,17-18,20,24-27,56,60-63,65,69-70H,4-14,16,19,21-23,28-55H2,1-3H3,(H,71,72)/b18-15-,20-17-,26-24-,27-25-. The predicted molar refractivity (Wildman–Crippen MR) is 312 cm³/mol. The third-order valence-electron chi connectivity index (χ3n) is 14.3. The molecule has 0 spiro atoms. The Morgan fingerprint density at radius 3 is 1.25 bits per heavy atom. The van der Waals surface area contributed by atoms with Gasteiger partial charge in [-0.3, -0.25) is 14.4 Å². The number of carboxylic acids is 1. The number of carbonyl (C=O) groups excluding carboxylic acids is 3. The van der Waals surface area contributed by atoms with Crippen molar-refractivity contribution in [3.05, 3.63) is 48.6 Å². The first-order chi connectivity index (χ1) is 37.6. The van der Waals surface area contributed by atoms with E-state index in [0.29, 0.717) is 19.3 Å². The van der Waals surface area contributed by atoms with Crippen LogP contribution in [0.3, 0.4) is 0 Å². The topological polar surface area (TPSA) is 175 Å². The molecule has 0 aromatic carbocycles. The molecule has 3 N–H and O–H groups in total. The molecule has 0 saturated carbocycles. The lowest BCUT2D eigenvalue weighted by Gasteiger charge is -2.40. The van der Waals surface area contributed by atoms with Crippen molar-refractivity contribution in [2.75, 3.05) is 13.2 Å². The van der Waals surface area contributed by atoms with Crippen LogP contribution in [0.25, 0.3) is 0 Å². The number of carbonyl (C=O) groups is 4. The van der Waals surface area contributed by atoms with Crippen LogP contribution in [0.1, 0.15) is 290 Å². The number of rotatable bonds is 54. The van der Waals surface area contributed by atoms with Gasteiger partial charge in [0.2, 0.25) is 0 Å². The Bertz CT molecular complexity index is 1520. The van der Waals surface area contributed by atoms with E-state index < -0.39 is 67.3 Å². The van der Waals surface area contributed by atoms with Crippen LogP contribution in [0, 0.1) is 0 Å². The molecule has 12 nitrogen and oxygen atoms in total. The minimum absolute atomic E-state index is 0.0582. The molecule has 0 amide bonds. The monoisotopic (exact) mass is 1090 g/mol. The summed E-state index contributed by atoms with van der Waals surface area (Å²) in [5.74, 6) is -3.13. The van der Waals surface area contributed by atoms with Crippen molar-refractivity contribution in [1.29, 1.82) is 0 Å².